The SMILES string of the molecule is CNC(C#N)C1CCC(C)O1. The number of hydrogen-bond donors (Lipinski definition) is 1. The first-order valence-corrected chi connectivity index (χ1v) is 4.00. The zero-order valence-electron chi connectivity index (χ0n) is 7.00. The van der Waals surface area contributed by atoms with Gasteiger partial charge in [0.25, 0.3) is 0 Å². The van der Waals surface area contributed by atoms with E-state index in [0.717, 1.165) is 12.8 Å². The molecule has 3 unspecified atom stereocenters. The van der Waals surface area contributed by atoms with E-state index < -0.39 is 0 Å². The van der Waals surface area contributed by atoms with E-state index in [9.17, 15) is 0 Å². The summed E-state index contributed by atoms with van der Waals surface area (Å²) in [7, 11) is 1.79. The Morgan fingerprint density at radius 1 is 1.64 bits per heavy atom. The second-order valence-electron chi connectivity index (χ2n) is 2.96. The number of nitriles is 1. The van der Waals surface area contributed by atoms with E-state index in [1.807, 2.05) is 6.92 Å². The van der Waals surface area contributed by atoms with Crippen LogP contribution in [0, 0.1) is 11.3 Å². The number of nitrogens with zero attached hydrogens (tertiary/aromatic N) is 1. The van der Waals surface area contributed by atoms with E-state index in [1.54, 1.807) is 7.05 Å². The molecule has 1 aliphatic rings. The Balaban J connectivity index is 2.42. The molecular formula is C8H14N2O. The molecule has 1 saturated heterocycles. The zero-order valence-corrected chi connectivity index (χ0v) is 7.00. The maximum Gasteiger partial charge on any atom is 0.122 e. The van der Waals surface area contributed by atoms with Crippen LogP contribution in [0.5, 0.6) is 0 Å². The summed E-state index contributed by atoms with van der Waals surface area (Å²) in [5.41, 5.74) is 0. The zero-order chi connectivity index (χ0) is 8.27. The van der Waals surface area contributed by atoms with Crippen LogP contribution >= 0.6 is 0 Å². The lowest BCUT2D eigenvalue weighted by Crippen LogP contribution is -2.36. The largest absolute Gasteiger partial charge is 0.373 e. The topological polar surface area (TPSA) is 45.0 Å². The summed E-state index contributed by atoms with van der Waals surface area (Å²) in [6, 6.07) is 2.04. The minimum Gasteiger partial charge on any atom is -0.373 e. The summed E-state index contributed by atoms with van der Waals surface area (Å²) in [5.74, 6) is 0. The van der Waals surface area contributed by atoms with E-state index in [4.69, 9.17) is 10.00 Å². The molecular weight excluding hydrogens is 140 g/mol. The predicted octanol–water partition coefficient (Wildman–Crippen LogP) is 0.665. The molecule has 62 valence electrons. The van der Waals surface area contributed by atoms with Crippen molar-refractivity contribution in [2.45, 2.75) is 38.0 Å². The van der Waals surface area contributed by atoms with Gasteiger partial charge >= 0.3 is 0 Å². The van der Waals surface area contributed by atoms with Gasteiger partial charge in [-0.1, -0.05) is 0 Å². The van der Waals surface area contributed by atoms with Gasteiger partial charge in [0.2, 0.25) is 0 Å². The van der Waals surface area contributed by atoms with Gasteiger partial charge in [-0.2, -0.15) is 5.26 Å². The number of likely N-dealkylation sites (N-methyl/N-ethyl adjacent to an activating group) is 1. The molecule has 0 saturated carbocycles. The van der Waals surface area contributed by atoms with Crippen molar-refractivity contribution in [1.29, 1.82) is 5.26 Å². The third kappa shape index (κ3) is 1.92. The van der Waals surface area contributed by atoms with E-state index in [-0.39, 0.29) is 12.1 Å². The highest BCUT2D eigenvalue weighted by atomic mass is 16.5. The smallest absolute Gasteiger partial charge is 0.122 e. The Morgan fingerprint density at radius 3 is 2.73 bits per heavy atom. The van der Waals surface area contributed by atoms with E-state index in [1.165, 1.54) is 0 Å². The lowest BCUT2D eigenvalue weighted by molar-refractivity contribution is 0.0447. The number of ether oxygens (including phenoxy) is 1. The minimum atomic E-state index is -0.139. The maximum atomic E-state index is 8.68. The number of nitrogens with one attached hydrogen (secondary N) is 1. The fourth-order valence-electron chi connectivity index (χ4n) is 1.41. The first kappa shape index (κ1) is 8.51. The van der Waals surface area contributed by atoms with Crippen LogP contribution in [0.25, 0.3) is 0 Å². The third-order valence-electron chi connectivity index (χ3n) is 2.09. The molecule has 3 nitrogen and oxygen atoms in total. The molecule has 1 N–H and O–H groups in total. The van der Waals surface area contributed by atoms with E-state index in [0.29, 0.717) is 6.10 Å². The van der Waals surface area contributed by atoms with Gasteiger partial charge in [-0.05, 0) is 26.8 Å². The van der Waals surface area contributed by atoms with Crippen molar-refractivity contribution < 1.29 is 4.74 Å². The number of rotatable bonds is 2. The average molecular weight is 154 g/mol. The summed E-state index contributed by atoms with van der Waals surface area (Å²) in [4.78, 5) is 0. The van der Waals surface area contributed by atoms with Gasteiger partial charge in [-0.15, -0.1) is 0 Å². The molecule has 1 aliphatic heterocycles. The van der Waals surface area contributed by atoms with Gasteiger partial charge in [0.1, 0.15) is 6.04 Å². The summed E-state index contributed by atoms with van der Waals surface area (Å²) < 4.78 is 5.52. The van der Waals surface area contributed by atoms with Crippen LogP contribution in [-0.4, -0.2) is 25.3 Å². The van der Waals surface area contributed by atoms with E-state index >= 15 is 0 Å². The average Bonchev–Trinajstić information content (AvgIpc) is 2.39. The van der Waals surface area contributed by atoms with Crippen LogP contribution in [0.3, 0.4) is 0 Å². The maximum absolute atomic E-state index is 8.68. The molecule has 0 spiro atoms. The lowest BCUT2D eigenvalue weighted by Gasteiger charge is -2.15. The summed E-state index contributed by atoms with van der Waals surface area (Å²) in [6.07, 6.45) is 2.49. The van der Waals surface area contributed by atoms with Crippen molar-refractivity contribution in [3.8, 4) is 6.07 Å². The van der Waals surface area contributed by atoms with Gasteiger partial charge in [0, 0.05) is 0 Å². The highest BCUT2D eigenvalue weighted by Gasteiger charge is 2.28. The van der Waals surface area contributed by atoms with Gasteiger partial charge in [-0.25, -0.2) is 0 Å². The normalized spacial score (nSPS) is 33.2. The molecule has 1 heterocycles. The van der Waals surface area contributed by atoms with Gasteiger partial charge < -0.3 is 10.1 Å². The van der Waals surface area contributed by atoms with Crippen molar-refractivity contribution in [1.82, 2.24) is 5.32 Å². The van der Waals surface area contributed by atoms with Crippen LogP contribution in [0.1, 0.15) is 19.8 Å². The molecule has 0 radical (unpaired) electrons. The van der Waals surface area contributed by atoms with Crippen molar-refractivity contribution in [2.75, 3.05) is 7.05 Å². The Labute approximate surface area is 67.3 Å². The number of hydrogen-bond acceptors (Lipinski definition) is 3. The highest BCUT2D eigenvalue weighted by molar-refractivity contribution is 4.97. The second kappa shape index (κ2) is 3.70. The fourth-order valence-corrected chi connectivity index (χ4v) is 1.41. The third-order valence-corrected chi connectivity index (χ3v) is 2.09. The van der Waals surface area contributed by atoms with Crippen LogP contribution in [-0.2, 0) is 4.74 Å². The second-order valence-corrected chi connectivity index (χ2v) is 2.96. The minimum absolute atomic E-state index is 0.0972. The van der Waals surface area contributed by atoms with Crippen LogP contribution in [0.15, 0.2) is 0 Å². The fraction of sp³-hybridized carbons (Fsp3) is 0.875. The summed E-state index contributed by atoms with van der Waals surface area (Å²) in [5, 5.41) is 11.6. The molecule has 0 aromatic carbocycles. The molecule has 0 amide bonds. The van der Waals surface area contributed by atoms with Crippen LogP contribution in [0.4, 0.5) is 0 Å². The molecule has 0 aromatic heterocycles. The molecule has 11 heavy (non-hydrogen) atoms. The van der Waals surface area contributed by atoms with Crippen molar-refractivity contribution in [2.24, 2.45) is 0 Å². The molecule has 0 aromatic rings. The monoisotopic (exact) mass is 154 g/mol. The molecule has 3 heteroatoms. The highest BCUT2D eigenvalue weighted by Crippen LogP contribution is 2.21. The Bertz CT molecular complexity index is 164. The predicted molar refractivity (Wildman–Crippen MR) is 42.0 cm³/mol. The lowest BCUT2D eigenvalue weighted by atomic mass is 10.1. The summed E-state index contributed by atoms with van der Waals surface area (Å²) in [6.45, 7) is 2.05. The van der Waals surface area contributed by atoms with E-state index in [2.05, 4.69) is 11.4 Å². The van der Waals surface area contributed by atoms with Crippen molar-refractivity contribution in [3.05, 3.63) is 0 Å². The quantitative estimate of drug-likeness (QED) is 0.635. The molecule has 3 atom stereocenters. The molecule has 0 bridgehead atoms. The molecule has 1 rings (SSSR count). The van der Waals surface area contributed by atoms with Gasteiger partial charge in [0.05, 0.1) is 18.3 Å². The van der Waals surface area contributed by atoms with Crippen LogP contribution < -0.4 is 5.32 Å². The Hall–Kier alpha value is -0.590. The van der Waals surface area contributed by atoms with Crippen molar-refractivity contribution >= 4 is 0 Å². The van der Waals surface area contributed by atoms with Gasteiger partial charge in [-0.3, -0.25) is 0 Å². The first-order valence-electron chi connectivity index (χ1n) is 4.00. The summed E-state index contributed by atoms with van der Waals surface area (Å²) >= 11 is 0. The van der Waals surface area contributed by atoms with Crippen LogP contribution in [0.2, 0.25) is 0 Å². The Morgan fingerprint density at radius 2 is 2.36 bits per heavy atom. The standard InChI is InChI=1S/C8H14N2O/c1-6-3-4-8(11-6)7(5-9)10-2/h6-8,10H,3-4H2,1-2H3. The molecule has 1 fully saturated rings. The van der Waals surface area contributed by atoms with Crippen molar-refractivity contribution in [3.63, 3.8) is 0 Å². The van der Waals surface area contributed by atoms with Gasteiger partial charge in [0.15, 0.2) is 0 Å². The molecule has 0 aliphatic carbocycles. The Kier molecular flexibility index (Phi) is 2.86. The first-order chi connectivity index (χ1) is 5.27.